The van der Waals surface area contributed by atoms with E-state index in [1.165, 1.54) is 34.0 Å². The Balaban J connectivity index is 0.000000149. The summed E-state index contributed by atoms with van der Waals surface area (Å²) in [4.78, 5) is 0. The van der Waals surface area contributed by atoms with Crippen LogP contribution in [0.1, 0.15) is 198 Å². The minimum atomic E-state index is -1.74. The Bertz CT molecular complexity index is 910. The molecule has 6 aliphatic carbocycles. The van der Waals surface area contributed by atoms with Gasteiger partial charge in [-0.2, -0.15) is 0 Å². The molecule has 0 bridgehead atoms. The third-order valence-electron chi connectivity index (χ3n) is 13.6. The van der Waals surface area contributed by atoms with E-state index in [-0.39, 0.29) is 15.8 Å². The van der Waals surface area contributed by atoms with Crippen LogP contribution in [0.3, 0.4) is 0 Å². The Morgan fingerprint density at radius 3 is 0.878 bits per heavy atom. The third kappa shape index (κ3) is 14.6. The van der Waals surface area contributed by atoms with Gasteiger partial charge in [-0.15, -0.1) is 0 Å². The summed E-state index contributed by atoms with van der Waals surface area (Å²) in [6.45, 7) is 0. The van der Waals surface area contributed by atoms with Crippen molar-refractivity contribution in [3.8, 4) is 0 Å². The second kappa shape index (κ2) is 24.4. The van der Waals surface area contributed by atoms with Crippen molar-refractivity contribution < 1.29 is 13.5 Å². The maximum atomic E-state index is 5.59. The molecule has 6 saturated carbocycles. The van der Waals surface area contributed by atoms with Crippen molar-refractivity contribution in [2.45, 2.75) is 227 Å². The molecule has 6 aliphatic rings. The first-order valence-electron chi connectivity index (χ1n) is 21.6. The molecule has 7 rings (SSSR count). The molecule has 0 spiro atoms. The van der Waals surface area contributed by atoms with Gasteiger partial charge in [-0.05, 0) is 154 Å². The molecular formula is C44H74Cl2P2Ru+2. The van der Waals surface area contributed by atoms with Crippen molar-refractivity contribution in [2.75, 3.05) is 0 Å². The average molecular weight is 837 g/mol. The molecule has 49 heavy (non-hydrogen) atoms. The number of benzene rings is 1. The van der Waals surface area contributed by atoms with Gasteiger partial charge < -0.3 is 0 Å². The van der Waals surface area contributed by atoms with Crippen molar-refractivity contribution in [3.63, 3.8) is 0 Å². The molecule has 0 nitrogen and oxygen atoms in total. The van der Waals surface area contributed by atoms with E-state index in [0.29, 0.717) is 0 Å². The van der Waals surface area contributed by atoms with E-state index >= 15 is 0 Å². The molecule has 0 heterocycles. The van der Waals surface area contributed by atoms with Gasteiger partial charge >= 0.3 is 79.1 Å². The van der Waals surface area contributed by atoms with Crippen LogP contribution in [0, 0.1) is 0 Å². The third-order valence-corrected chi connectivity index (χ3v) is 24.2. The zero-order valence-corrected chi connectivity index (χ0v) is 36.5. The van der Waals surface area contributed by atoms with Crippen molar-refractivity contribution in [2.24, 2.45) is 0 Å². The number of halogens is 2. The molecule has 5 heteroatoms. The summed E-state index contributed by atoms with van der Waals surface area (Å²) in [5.74, 6) is 0. The molecule has 0 saturated heterocycles. The summed E-state index contributed by atoms with van der Waals surface area (Å²) in [6, 6.07) is 9.87. The van der Waals surface area contributed by atoms with Gasteiger partial charge in [-0.25, -0.2) is 0 Å². The van der Waals surface area contributed by atoms with E-state index in [0.717, 1.165) is 5.56 Å². The summed E-state index contributed by atoms with van der Waals surface area (Å²) in [6.07, 6.45) is 49.4. The zero-order valence-electron chi connectivity index (χ0n) is 31.3. The first-order chi connectivity index (χ1) is 24.2. The molecule has 6 fully saturated rings. The predicted octanol–water partition coefficient (Wildman–Crippen LogP) is 15.4. The van der Waals surface area contributed by atoms with Gasteiger partial charge in [0.25, 0.3) is 0 Å². The normalized spacial score (nSPS) is 24.7. The van der Waals surface area contributed by atoms with Gasteiger partial charge in [0.15, 0.2) is 0 Å². The Morgan fingerprint density at radius 2 is 0.653 bits per heavy atom. The number of rotatable bonds is 7. The van der Waals surface area contributed by atoms with Crippen molar-refractivity contribution in [3.05, 3.63) is 35.9 Å². The van der Waals surface area contributed by atoms with Gasteiger partial charge in [-0.1, -0.05) is 38.5 Å². The molecular weight excluding hydrogens is 762 g/mol. The van der Waals surface area contributed by atoms with Crippen LogP contribution in [0.5, 0.6) is 0 Å². The average Bonchev–Trinajstić information content (AvgIpc) is 3.18. The van der Waals surface area contributed by atoms with Gasteiger partial charge in [-0.3, -0.25) is 0 Å². The Hall–Kier alpha value is 0.933. The second-order valence-electron chi connectivity index (χ2n) is 16.9. The first-order valence-corrected chi connectivity index (χ1v) is 30.4. The minimum absolute atomic E-state index is 0.0465. The van der Waals surface area contributed by atoms with Crippen LogP contribution in [0.2, 0.25) is 0 Å². The summed E-state index contributed by atoms with van der Waals surface area (Å²) in [7, 11) is 11.1. The van der Waals surface area contributed by atoms with Crippen LogP contribution in [-0.2, 0) is 13.5 Å². The van der Waals surface area contributed by atoms with Crippen LogP contribution < -0.4 is 0 Å². The first kappa shape index (κ1) is 41.1. The van der Waals surface area contributed by atoms with Crippen LogP contribution in [0.25, 0.3) is 6.08 Å². The van der Waals surface area contributed by atoms with Crippen molar-refractivity contribution >= 4 is 45.6 Å². The number of hydrogen-bond acceptors (Lipinski definition) is 0. The van der Waals surface area contributed by atoms with E-state index < -0.39 is 13.5 Å². The van der Waals surface area contributed by atoms with Crippen molar-refractivity contribution in [1.29, 1.82) is 0 Å². The van der Waals surface area contributed by atoms with E-state index in [1.54, 1.807) is 193 Å². The van der Waals surface area contributed by atoms with E-state index in [4.69, 9.17) is 19.4 Å². The van der Waals surface area contributed by atoms with Crippen LogP contribution in [0.4, 0.5) is 0 Å². The summed E-state index contributed by atoms with van der Waals surface area (Å²) >= 11 is -1.74. The maximum absolute atomic E-state index is 5.59. The molecule has 280 valence electrons. The van der Waals surface area contributed by atoms with Gasteiger partial charge in [0.1, 0.15) is 0 Å². The Morgan fingerprint density at radius 1 is 0.408 bits per heavy atom. The zero-order chi connectivity index (χ0) is 33.9. The van der Waals surface area contributed by atoms with Crippen LogP contribution >= 0.6 is 35.2 Å². The Kier molecular flexibility index (Phi) is 20.4. The van der Waals surface area contributed by atoms with Crippen molar-refractivity contribution in [1.82, 2.24) is 0 Å². The molecule has 0 aliphatic heterocycles. The second-order valence-corrected chi connectivity index (χ2v) is 29.1. The molecule has 0 aromatic heterocycles. The summed E-state index contributed by atoms with van der Waals surface area (Å²) in [5, 5.41) is 0. The molecule has 0 amide bonds. The standard InChI is InChI=1S/2C18H33P.C8H6.2ClH.Ru/c2*1-4-10-16(11-5-1)19(17-12-6-2-7-13-17)18-14-8-3-9-15-18;1-2-8-6-4-3-5-7-8;;;/h2*16-18H,1-15H2;2-7H;2*1H;/q;;;;;+2. The predicted molar refractivity (Wildman–Crippen MR) is 225 cm³/mol. The molecule has 0 atom stereocenters. The van der Waals surface area contributed by atoms with Crippen LogP contribution in [-0.4, -0.2) is 38.2 Å². The quantitative estimate of drug-likeness (QED) is 0.190. The van der Waals surface area contributed by atoms with Gasteiger partial charge in [0, 0.05) is 15.8 Å². The van der Waals surface area contributed by atoms with Gasteiger partial charge in [0.2, 0.25) is 0 Å². The summed E-state index contributed by atoms with van der Waals surface area (Å²) in [5.41, 5.74) is 8.45. The molecule has 0 unspecified atom stereocenters. The van der Waals surface area contributed by atoms with Crippen LogP contribution in [0.15, 0.2) is 30.3 Å². The topological polar surface area (TPSA) is 0 Å². The fourth-order valence-electron chi connectivity index (χ4n) is 11.3. The number of hydrogen-bond donors (Lipinski definition) is 0. The van der Waals surface area contributed by atoms with Gasteiger partial charge in [0.05, 0.1) is 34.0 Å². The fraction of sp³-hybridized carbons (Fsp3) is 0.818. The van der Waals surface area contributed by atoms with E-state index in [2.05, 4.69) is 4.26 Å². The molecule has 0 radical (unpaired) electrons. The fourth-order valence-corrected chi connectivity index (χ4v) is 22.6. The summed E-state index contributed by atoms with van der Waals surface area (Å²) < 4.78 is 2.91. The Labute approximate surface area is 319 Å². The monoisotopic (exact) mass is 836 g/mol. The molecule has 1 aromatic rings. The SMILES string of the molecule is C1CCC([PH+](C2CCCCC2)C2CCCCC2)CC1.C1CCC([PH+](C2CCCCC2)C2CCCCC2)CC1.[Cl][Ru]([Cl])=[C]=Cc1ccccc1. The molecule has 0 N–H and O–H groups in total. The molecule has 1 aromatic carbocycles. The van der Waals surface area contributed by atoms with E-state index in [1.807, 2.05) is 36.4 Å². The van der Waals surface area contributed by atoms with E-state index in [9.17, 15) is 0 Å².